The highest BCUT2D eigenvalue weighted by molar-refractivity contribution is 5.82. The quantitative estimate of drug-likeness (QED) is 0.237. The molecule has 0 aliphatic carbocycles. The standard InChI is InChI=1S/C17H24O6/c1-5-9-10-11-13(22-16(19)7-3)14(23-17(20)8-4)12-21-15(18)6-2/h6-8,13-14H,2-5,9-12H2,1H3. The predicted octanol–water partition coefficient (Wildman–Crippen LogP) is 2.49. The number of carbonyl (C=O) groups is 3. The first-order valence-corrected chi connectivity index (χ1v) is 7.43. The SMILES string of the molecule is C=CC(=O)OCC(OC(=O)C=C)C(CCCCC)OC(=O)C=C. The molecule has 0 fully saturated rings. The van der Waals surface area contributed by atoms with Crippen molar-refractivity contribution in [3.05, 3.63) is 38.0 Å². The Balaban J connectivity index is 5.03. The molecular formula is C17H24O6. The van der Waals surface area contributed by atoms with Gasteiger partial charge in [0.25, 0.3) is 0 Å². The summed E-state index contributed by atoms with van der Waals surface area (Å²) in [7, 11) is 0. The maximum Gasteiger partial charge on any atom is 0.330 e. The molecule has 0 spiro atoms. The number of carbonyl (C=O) groups excluding carboxylic acids is 3. The molecule has 0 rings (SSSR count). The monoisotopic (exact) mass is 324 g/mol. The second-order valence-corrected chi connectivity index (χ2v) is 4.69. The van der Waals surface area contributed by atoms with E-state index in [1.54, 1.807) is 0 Å². The molecule has 0 aromatic heterocycles. The van der Waals surface area contributed by atoms with Crippen molar-refractivity contribution >= 4 is 17.9 Å². The summed E-state index contributed by atoms with van der Waals surface area (Å²) in [4.78, 5) is 34.2. The lowest BCUT2D eigenvalue weighted by Gasteiger charge is -2.26. The van der Waals surface area contributed by atoms with Crippen molar-refractivity contribution in [3.63, 3.8) is 0 Å². The van der Waals surface area contributed by atoms with E-state index in [1.807, 2.05) is 6.92 Å². The van der Waals surface area contributed by atoms with Crippen LogP contribution in [0.4, 0.5) is 0 Å². The Morgan fingerprint density at radius 2 is 1.39 bits per heavy atom. The van der Waals surface area contributed by atoms with Crippen molar-refractivity contribution in [2.45, 2.75) is 44.8 Å². The molecule has 6 heteroatoms. The van der Waals surface area contributed by atoms with Crippen LogP contribution in [0.3, 0.4) is 0 Å². The molecule has 0 aromatic carbocycles. The van der Waals surface area contributed by atoms with Gasteiger partial charge in [0, 0.05) is 18.2 Å². The zero-order chi connectivity index (χ0) is 17.7. The van der Waals surface area contributed by atoms with Gasteiger partial charge in [-0.15, -0.1) is 0 Å². The zero-order valence-corrected chi connectivity index (χ0v) is 13.5. The number of rotatable bonds is 12. The van der Waals surface area contributed by atoms with E-state index in [0.29, 0.717) is 6.42 Å². The van der Waals surface area contributed by atoms with Crippen LogP contribution in [0.5, 0.6) is 0 Å². The summed E-state index contributed by atoms with van der Waals surface area (Å²) in [5.41, 5.74) is 0. The number of unbranched alkanes of at least 4 members (excludes halogenated alkanes) is 2. The first kappa shape index (κ1) is 20.6. The van der Waals surface area contributed by atoms with Crippen LogP contribution in [0, 0.1) is 0 Å². The Morgan fingerprint density at radius 1 is 0.870 bits per heavy atom. The van der Waals surface area contributed by atoms with Crippen LogP contribution in [0.2, 0.25) is 0 Å². The van der Waals surface area contributed by atoms with Gasteiger partial charge in [-0.05, 0) is 12.8 Å². The average molecular weight is 324 g/mol. The van der Waals surface area contributed by atoms with Crippen LogP contribution >= 0.6 is 0 Å². The van der Waals surface area contributed by atoms with Crippen LogP contribution in [0.15, 0.2) is 38.0 Å². The minimum Gasteiger partial charge on any atom is -0.458 e. The summed E-state index contributed by atoms with van der Waals surface area (Å²) in [6.45, 7) is 11.7. The van der Waals surface area contributed by atoms with Crippen molar-refractivity contribution in [3.8, 4) is 0 Å². The Kier molecular flexibility index (Phi) is 10.9. The molecule has 2 unspecified atom stereocenters. The Bertz CT molecular complexity index is 440. The van der Waals surface area contributed by atoms with E-state index in [-0.39, 0.29) is 6.61 Å². The van der Waals surface area contributed by atoms with Gasteiger partial charge < -0.3 is 14.2 Å². The van der Waals surface area contributed by atoms with E-state index in [2.05, 4.69) is 19.7 Å². The van der Waals surface area contributed by atoms with Crippen LogP contribution in [0.25, 0.3) is 0 Å². The van der Waals surface area contributed by atoms with Gasteiger partial charge in [-0.3, -0.25) is 0 Å². The third-order valence-corrected chi connectivity index (χ3v) is 2.93. The van der Waals surface area contributed by atoms with Gasteiger partial charge in [0.05, 0.1) is 0 Å². The van der Waals surface area contributed by atoms with E-state index in [0.717, 1.165) is 37.5 Å². The molecule has 23 heavy (non-hydrogen) atoms. The lowest BCUT2D eigenvalue weighted by atomic mass is 10.1. The molecule has 0 N–H and O–H groups in total. The smallest absolute Gasteiger partial charge is 0.330 e. The van der Waals surface area contributed by atoms with Gasteiger partial charge in [-0.2, -0.15) is 0 Å². The average Bonchev–Trinajstić information content (AvgIpc) is 2.56. The molecule has 0 amide bonds. The van der Waals surface area contributed by atoms with Gasteiger partial charge >= 0.3 is 17.9 Å². The lowest BCUT2D eigenvalue weighted by Crippen LogP contribution is -2.38. The highest BCUT2D eigenvalue weighted by atomic mass is 16.6. The van der Waals surface area contributed by atoms with Crippen molar-refractivity contribution in [2.75, 3.05) is 6.61 Å². The van der Waals surface area contributed by atoms with E-state index in [1.165, 1.54) is 0 Å². The normalized spacial score (nSPS) is 12.4. The molecular weight excluding hydrogens is 300 g/mol. The maximum absolute atomic E-state index is 11.5. The first-order valence-electron chi connectivity index (χ1n) is 7.43. The van der Waals surface area contributed by atoms with Gasteiger partial charge in [0.1, 0.15) is 12.7 Å². The first-order chi connectivity index (χ1) is 11.0. The predicted molar refractivity (Wildman–Crippen MR) is 85.5 cm³/mol. The summed E-state index contributed by atoms with van der Waals surface area (Å²) in [6.07, 6.45) is 4.47. The van der Waals surface area contributed by atoms with Gasteiger partial charge in [-0.25, -0.2) is 14.4 Å². The summed E-state index contributed by atoms with van der Waals surface area (Å²) in [5.74, 6) is -1.99. The largest absolute Gasteiger partial charge is 0.458 e. The minimum atomic E-state index is -0.926. The fourth-order valence-electron chi connectivity index (χ4n) is 1.75. The van der Waals surface area contributed by atoms with Crippen molar-refractivity contribution in [1.29, 1.82) is 0 Å². The van der Waals surface area contributed by atoms with Gasteiger partial charge in [0.2, 0.25) is 0 Å². The zero-order valence-electron chi connectivity index (χ0n) is 13.5. The Morgan fingerprint density at radius 3 is 1.87 bits per heavy atom. The van der Waals surface area contributed by atoms with Gasteiger partial charge in [0.15, 0.2) is 6.10 Å². The Labute approximate surface area is 136 Å². The van der Waals surface area contributed by atoms with E-state index >= 15 is 0 Å². The fourth-order valence-corrected chi connectivity index (χ4v) is 1.75. The van der Waals surface area contributed by atoms with E-state index < -0.39 is 30.1 Å². The molecule has 128 valence electrons. The van der Waals surface area contributed by atoms with Crippen LogP contribution in [0.1, 0.15) is 32.6 Å². The van der Waals surface area contributed by atoms with E-state index in [9.17, 15) is 14.4 Å². The molecule has 0 radical (unpaired) electrons. The third kappa shape index (κ3) is 9.29. The van der Waals surface area contributed by atoms with E-state index in [4.69, 9.17) is 14.2 Å². The molecule has 0 saturated heterocycles. The van der Waals surface area contributed by atoms with Crippen molar-refractivity contribution in [1.82, 2.24) is 0 Å². The number of hydrogen-bond donors (Lipinski definition) is 0. The topological polar surface area (TPSA) is 78.9 Å². The van der Waals surface area contributed by atoms with Crippen LogP contribution < -0.4 is 0 Å². The van der Waals surface area contributed by atoms with Crippen molar-refractivity contribution < 1.29 is 28.6 Å². The van der Waals surface area contributed by atoms with Gasteiger partial charge in [-0.1, -0.05) is 39.5 Å². The third-order valence-electron chi connectivity index (χ3n) is 2.93. The molecule has 0 saturated carbocycles. The summed E-state index contributed by atoms with van der Waals surface area (Å²) in [6, 6.07) is 0. The fraction of sp³-hybridized carbons (Fsp3) is 0.471. The second-order valence-electron chi connectivity index (χ2n) is 4.69. The highest BCUT2D eigenvalue weighted by Crippen LogP contribution is 2.15. The molecule has 0 aliphatic rings. The molecule has 6 nitrogen and oxygen atoms in total. The maximum atomic E-state index is 11.5. The molecule has 2 atom stereocenters. The minimum absolute atomic E-state index is 0.244. The van der Waals surface area contributed by atoms with Crippen LogP contribution in [-0.2, 0) is 28.6 Å². The molecule has 0 bridgehead atoms. The summed E-state index contributed by atoms with van der Waals surface area (Å²) >= 11 is 0. The van der Waals surface area contributed by atoms with Crippen molar-refractivity contribution in [2.24, 2.45) is 0 Å². The number of esters is 3. The number of hydrogen-bond acceptors (Lipinski definition) is 6. The highest BCUT2D eigenvalue weighted by Gasteiger charge is 2.28. The molecule has 0 aliphatic heterocycles. The second kappa shape index (κ2) is 12.2. The Hall–Kier alpha value is -2.37. The summed E-state index contributed by atoms with van der Waals surface area (Å²) < 4.78 is 15.3. The summed E-state index contributed by atoms with van der Waals surface area (Å²) in [5, 5.41) is 0. The van der Waals surface area contributed by atoms with Crippen LogP contribution in [-0.4, -0.2) is 36.7 Å². The lowest BCUT2D eigenvalue weighted by molar-refractivity contribution is -0.169. The number of ether oxygens (including phenoxy) is 3. The molecule has 0 aromatic rings. The molecule has 0 heterocycles.